The van der Waals surface area contributed by atoms with E-state index >= 15 is 0 Å². The van der Waals surface area contributed by atoms with Gasteiger partial charge in [-0.15, -0.1) is 0 Å². The maximum Gasteiger partial charge on any atom is 0.306 e. The van der Waals surface area contributed by atoms with Crippen molar-refractivity contribution in [1.29, 1.82) is 0 Å². The van der Waals surface area contributed by atoms with Crippen LogP contribution < -0.4 is 5.32 Å². The fourth-order valence-corrected chi connectivity index (χ4v) is 2.46. The second kappa shape index (κ2) is 2.73. The van der Waals surface area contributed by atoms with Gasteiger partial charge in [0, 0.05) is 6.54 Å². The van der Waals surface area contributed by atoms with Crippen molar-refractivity contribution in [3.8, 4) is 0 Å². The molecule has 0 bridgehead atoms. The van der Waals surface area contributed by atoms with Gasteiger partial charge in [0.1, 0.15) is 0 Å². The summed E-state index contributed by atoms with van der Waals surface area (Å²) in [5.41, 5.74) is 0.271. The van der Waals surface area contributed by atoms with Gasteiger partial charge in [0.25, 0.3) is 0 Å². The van der Waals surface area contributed by atoms with Crippen LogP contribution in [-0.2, 0) is 9.53 Å². The van der Waals surface area contributed by atoms with Gasteiger partial charge < -0.3 is 10.1 Å². The summed E-state index contributed by atoms with van der Waals surface area (Å²) in [6.45, 7) is 2.10. The summed E-state index contributed by atoms with van der Waals surface area (Å²) in [6, 6.07) is 0. The van der Waals surface area contributed by atoms with Crippen LogP contribution in [0.25, 0.3) is 0 Å². The number of hydrogen-bond acceptors (Lipinski definition) is 3. The van der Waals surface area contributed by atoms with E-state index in [0.29, 0.717) is 6.42 Å². The quantitative estimate of drug-likeness (QED) is 0.613. The van der Waals surface area contributed by atoms with Crippen molar-refractivity contribution in [3.63, 3.8) is 0 Å². The summed E-state index contributed by atoms with van der Waals surface area (Å²) in [4.78, 5) is 11.1. The lowest BCUT2D eigenvalue weighted by Crippen LogP contribution is -2.41. The average molecular weight is 169 g/mol. The van der Waals surface area contributed by atoms with Crippen molar-refractivity contribution < 1.29 is 9.53 Å². The second-order valence-corrected chi connectivity index (χ2v) is 3.98. The predicted molar refractivity (Wildman–Crippen MR) is 44.7 cm³/mol. The molecule has 1 aliphatic heterocycles. The van der Waals surface area contributed by atoms with E-state index in [-0.39, 0.29) is 11.4 Å². The molecule has 0 amide bonds. The molecular weight excluding hydrogens is 154 g/mol. The summed E-state index contributed by atoms with van der Waals surface area (Å²) in [5, 5.41) is 3.35. The Morgan fingerprint density at radius 1 is 1.75 bits per heavy atom. The molecular formula is C9H15NO2. The largest absolute Gasteiger partial charge is 0.469 e. The SMILES string of the molecule is COC(=O)C[C@]12CC[C@H]1CNC2. The van der Waals surface area contributed by atoms with Gasteiger partial charge in [0.2, 0.25) is 0 Å². The molecule has 2 fully saturated rings. The Kier molecular flexibility index (Phi) is 1.83. The van der Waals surface area contributed by atoms with Gasteiger partial charge in [-0.25, -0.2) is 0 Å². The molecule has 2 aliphatic rings. The number of carbonyl (C=O) groups excluding carboxylic acids is 1. The lowest BCUT2D eigenvalue weighted by molar-refractivity contribution is -0.145. The lowest BCUT2D eigenvalue weighted by atomic mass is 9.60. The molecule has 0 aromatic heterocycles. The molecule has 1 N–H and O–H groups in total. The van der Waals surface area contributed by atoms with Crippen LogP contribution in [0.5, 0.6) is 0 Å². The summed E-state index contributed by atoms with van der Waals surface area (Å²) in [5.74, 6) is 0.681. The standard InChI is InChI=1S/C9H15NO2/c1-12-8(11)4-9-3-2-7(9)5-10-6-9/h7,10H,2-6H2,1H3/t7-,9-/m0/s1. The molecule has 2 rings (SSSR count). The van der Waals surface area contributed by atoms with Gasteiger partial charge in [-0.05, 0) is 30.7 Å². The molecule has 12 heavy (non-hydrogen) atoms. The summed E-state index contributed by atoms with van der Waals surface area (Å²) >= 11 is 0. The summed E-state index contributed by atoms with van der Waals surface area (Å²) < 4.78 is 4.69. The fourth-order valence-electron chi connectivity index (χ4n) is 2.46. The minimum Gasteiger partial charge on any atom is -0.469 e. The molecule has 68 valence electrons. The average Bonchev–Trinajstić information content (AvgIpc) is 2.31. The fraction of sp³-hybridized carbons (Fsp3) is 0.889. The van der Waals surface area contributed by atoms with Gasteiger partial charge >= 0.3 is 5.97 Å². The van der Waals surface area contributed by atoms with Crippen LogP contribution in [0.1, 0.15) is 19.3 Å². The topological polar surface area (TPSA) is 38.3 Å². The zero-order chi connectivity index (χ0) is 8.60. The van der Waals surface area contributed by atoms with Gasteiger partial charge in [0.15, 0.2) is 0 Å². The van der Waals surface area contributed by atoms with Crippen LogP contribution in [0.4, 0.5) is 0 Å². The maximum atomic E-state index is 11.1. The van der Waals surface area contributed by atoms with E-state index < -0.39 is 0 Å². The minimum absolute atomic E-state index is 0.0524. The number of nitrogens with one attached hydrogen (secondary N) is 1. The first-order valence-electron chi connectivity index (χ1n) is 4.54. The van der Waals surface area contributed by atoms with Crippen molar-refractivity contribution >= 4 is 5.97 Å². The Balaban J connectivity index is 1.97. The third-order valence-corrected chi connectivity index (χ3v) is 3.45. The highest BCUT2D eigenvalue weighted by atomic mass is 16.5. The molecule has 3 heteroatoms. The van der Waals surface area contributed by atoms with Crippen LogP contribution in [0.15, 0.2) is 0 Å². The van der Waals surface area contributed by atoms with Gasteiger partial charge in [-0.2, -0.15) is 0 Å². The van der Waals surface area contributed by atoms with Gasteiger partial charge in [0.05, 0.1) is 13.5 Å². The normalized spacial score (nSPS) is 38.6. The molecule has 1 aliphatic carbocycles. The van der Waals surface area contributed by atoms with E-state index in [0.717, 1.165) is 19.0 Å². The van der Waals surface area contributed by atoms with Crippen molar-refractivity contribution in [3.05, 3.63) is 0 Å². The molecule has 1 saturated carbocycles. The van der Waals surface area contributed by atoms with Crippen molar-refractivity contribution in [1.82, 2.24) is 5.32 Å². The predicted octanol–water partition coefficient (Wildman–Crippen LogP) is 0.549. The first kappa shape index (κ1) is 8.05. The summed E-state index contributed by atoms with van der Waals surface area (Å²) in [7, 11) is 1.47. The Bertz CT molecular complexity index is 205. The van der Waals surface area contributed by atoms with Crippen LogP contribution in [0, 0.1) is 11.3 Å². The Morgan fingerprint density at radius 2 is 2.58 bits per heavy atom. The summed E-state index contributed by atoms with van der Waals surface area (Å²) in [6.07, 6.45) is 3.09. The van der Waals surface area contributed by atoms with Crippen molar-refractivity contribution in [2.75, 3.05) is 20.2 Å². The van der Waals surface area contributed by atoms with Gasteiger partial charge in [-0.3, -0.25) is 4.79 Å². The molecule has 1 heterocycles. The van der Waals surface area contributed by atoms with Crippen molar-refractivity contribution in [2.45, 2.75) is 19.3 Å². The van der Waals surface area contributed by atoms with Crippen LogP contribution in [0.2, 0.25) is 0 Å². The number of carbonyl (C=O) groups is 1. The number of fused-ring (bicyclic) bond motifs is 1. The maximum absolute atomic E-state index is 11.1. The van der Waals surface area contributed by atoms with E-state index in [1.165, 1.54) is 20.0 Å². The Hall–Kier alpha value is -0.570. The third-order valence-electron chi connectivity index (χ3n) is 3.45. The molecule has 0 radical (unpaired) electrons. The zero-order valence-electron chi connectivity index (χ0n) is 7.43. The smallest absolute Gasteiger partial charge is 0.306 e. The Morgan fingerprint density at radius 3 is 3.08 bits per heavy atom. The number of esters is 1. The highest BCUT2D eigenvalue weighted by Gasteiger charge is 2.50. The highest BCUT2D eigenvalue weighted by molar-refractivity contribution is 5.70. The molecule has 2 atom stereocenters. The second-order valence-electron chi connectivity index (χ2n) is 3.98. The molecule has 0 aromatic rings. The minimum atomic E-state index is -0.0524. The number of ether oxygens (including phenoxy) is 1. The highest BCUT2D eigenvalue weighted by Crippen LogP contribution is 2.51. The monoisotopic (exact) mass is 169 g/mol. The first-order valence-corrected chi connectivity index (χ1v) is 4.54. The Labute approximate surface area is 72.5 Å². The van der Waals surface area contributed by atoms with E-state index in [1.807, 2.05) is 0 Å². The number of hydrogen-bond donors (Lipinski definition) is 1. The van der Waals surface area contributed by atoms with Crippen LogP contribution in [0.3, 0.4) is 0 Å². The molecule has 0 unspecified atom stereocenters. The molecule has 0 spiro atoms. The van der Waals surface area contributed by atoms with E-state index in [9.17, 15) is 4.79 Å². The number of rotatable bonds is 2. The van der Waals surface area contributed by atoms with E-state index in [4.69, 9.17) is 4.74 Å². The van der Waals surface area contributed by atoms with E-state index in [2.05, 4.69) is 5.32 Å². The first-order chi connectivity index (χ1) is 5.77. The third kappa shape index (κ3) is 1.04. The molecule has 3 nitrogen and oxygen atoms in total. The van der Waals surface area contributed by atoms with Crippen molar-refractivity contribution in [2.24, 2.45) is 11.3 Å². The molecule has 0 aromatic carbocycles. The van der Waals surface area contributed by atoms with Gasteiger partial charge in [-0.1, -0.05) is 0 Å². The van der Waals surface area contributed by atoms with Crippen LogP contribution >= 0.6 is 0 Å². The lowest BCUT2D eigenvalue weighted by Gasteiger charge is -2.43. The number of methoxy groups -OCH3 is 1. The van der Waals surface area contributed by atoms with Crippen LogP contribution in [-0.4, -0.2) is 26.2 Å². The van der Waals surface area contributed by atoms with E-state index in [1.54, 1.807) is 0 Å². The molecule has 1 saturated heterocycles. The zero-order valence-corrected chi connectivity index (χ0v) is 7.43.